The van der Waals surface area contributed by atoms with E-state index in [0.29, 0.717) is 41.2 Å². The Morgan fingerprint density at radius 1 is 0.875 bits per heavy atom. The molecule has 1 N–H and O–H groups in total. The molecular formula is C34H48N2O4. The number of carbonyl (C=O) groups is 2. The highest BCUT2D eigenvalue weighted by atomic mass is 16.5. The molecule has 3 aromatic rings. The molecule has 40 heavy (non-hydrogen) atoms. The Morgan fingerprint density at radius 3 is 2.15 bits per heavy atom. The minimum absolute atomic E-state index is 0.0628. The quantitative estimate of drug-likeness (QED) is 0.128. The summed E-state index contributed by atoms with van der Waals surface area (Å²) in [6, 6.07) is 12.9. The van der Waals surface area contributed by atoms with Crippen molar-refractivity contribution >= 4 is 28.3 Å². The van der Waals surface area contributed by atoms with E-state index < -0.39 is 0 Å². The standard InChI is InChI=1S/C34H48N2O4/c1-6-9-13-31-32(29-24-27(16-19-30(29)40-31)35-34(38)25(4)5)33(37)26-14-17-28(18-15-26)39-23-12-22-36(20-10-7-2)21-11-8-3/h14-19,24-25H,6-13,20-23H2,1-5H3,(H,35,38). The molecule has 0 saturated heterocycles. The molecule has 3 rings (SSSR count). The van der Waals surface area contributed by atoms with Crippen LogP contribution in [0.15, 0.2) is 46.9 Å². The van der Waals surface area contributed by atoms with Crippen LogP contribution in [0.4, 0.5) is 5.69 Å². The zero-order valence-electron chi connectivity index (χ0n) is 25.2. The molecule has 0 saturated carbocycles. The first-order valence-corrected chi connectivity index (χ1v) is 15.2. The van der Waals surface area contributed by atoms with Gasteiger partial charge in [0, 0.05) is 35.5 Å². The lowest BCUT2D eigenvalue weighted by molar-refractivity contribution is -0.118. The van der Waals surface area contributed by atoms with Crippen molar-refractivity contribution in [3.8, 4) is 5.75 Å². The summed E-state index contributed by atoms with van der Waals surface area (Å²) in [6.07, 6.45) is 8.50. The monoisotopic (exact) mass is 548 g/mol. The molecule has 1 amide bonds. The van der Waals surface area contributed by atoms with Crippen LogP contribution in [0.1, 0.15) is 101 Å². The third-order valence-corrected chi connectivity index (χ3v) is 7.20. The predicted octanol–water partition coefficient (Wildman–Crippen LogP) is 8.27. The maximum absolute atomic E-state index is 13.8. The molecular weight excluding hydrogens is 500 g/mol. The van der Waals surface area contributed by atoms with E-state index in [1.165, 1.54) is 25.7 Å². The molecule has 0 fully saturated rings. The van der Waals surface area contributed by atoms with E-state index in [9.17, 15) is 9.59 Å². The first kappa shape index (κ1) is 31.4. The molecule has 0 aliphatic carbocycles. The SMILES string of the molecule is CCCCc1oc2ccc(NC(=O)C(C)C)cc2c1C(=O)c1ccc(OCCCN(CCCC)CCCC)cc1. The third-order valence-electron chi connectivity index (χ3n) is 7.20. The number of rotatable bonds is 18. The van der Waals surface area contributed by atoms with E-state index >= 15 is 0 Å². The van der Waals surface area contributed by atoms with E-state index in [0.717, 1.165) is 50.0 Å². The van der Waals surface area contributed by atoms with Crippen molar-refractivity contribution in [2.24, 2.45) is 5.92 Å². The summed E-state index contributed by atoms with van der Waals surface area (Å²) >= 11 is 0. The van der Waals surface area contributed by atoms with Crippen molar-refractivity contribution in [2.45, 2.75) is 86.0 Å². The molecule has 0 atom stereocenters. The van der Waals surface area contributed by atoms with Crippen LogP contribution in [0.5, 0.6) is 5.75 Å². The van der Waals surface area contributed by atoms with Gasteiger partial charge < -0.3 is 19.4 Å². The Balaban J connectivity index is 1.71. The average molecular weight is 549 g/mol. The minimum Gasteiger partial charge on any atom is -0.494 e. The van der Waals surface area contributed by atoms with Gasteiger partial charge >= 0.3 is 0 Å². The number of nitrogens with zero attached hydrogens (tertiary/aromatic N) is 1. The second-order valence-electron chi connectivity index (χ2n) is 11.0. The maximum Gasteiger partial charge on any atom is 0.226 e. The van der Waals surface area contributed by atoms with Gasteiger partial charge in [-0.15, -0.1) is 0 Å². The number of benzene rings is 2. The molecule has 218 valence electrons. The largest absolute Gasteiger partial charge is 0.494 e. The normalized spacial score (nSPS) is 11.5. The second-order valence-corrected chi connectivity index (χ2v) is 11.0. The first-order chi connectivity index (χ1) is 19.4. The van der Waals surface area contributed by atoms with E-state index in [1.807, 2.05) is 56.3 Å². The van der Waals surface area contributed by atoms with Crippen molar-refractivity contribution in [2.75, 3.05) is 31.6 Å². The molecule has 0 radical (unpaired) electrons. The molecule has 2 aromatic carbocycles. The van der Waals surface area contributed by atoms with Gasteiger partial charge in [0.05, 0.1) is 12.2 Å². The van der Waals surface area contributed by atoms with E-state index in [1.54, 1.807) is 0 Å². The molecule has 0 aliphatic rings. The average Bonchev–Trinajstić information content (AvgIpc) is 3.32. The number of ketones is 1. The van der Waals surface area contributed by atoms with Crippen molar-refractivity contribution in [3.63, 3.8) is 0 Å². The van der Waals surface area contributed by atoms with Gasteiger partial charge in [0.25, 0.3) is 0 Å². The molecule has 0 aliphatic heterocycles. The fourth-order valence-corrected chi connectivity index (χ4v) is 4.70. The van der Waals surface area contributed by atoms with Gasteiger partial charge in [-0.05, 0) is 81.2 Å². The van der Waals surface area contributed by atoms with Crippen LogP contribution in [0.2, 0.25) is 0 Å². The van der Waals surface area contributed by atoms with Gasteiger partial charge in [-0.2, -0.15) is 0 Å². The van der Waals surface area contributed by atoms with Crippen molar-refractivity contribution in [1.29, 1.82) is 0 Å². The summed E-state index contributed by atoms with van der Waals surface area (Å²) in [4.78, 5) is 28.6. The van der Waals surface area contributed by atoms with E-state index in [2.05, 4.69) is 31.0 Å². The molecule has 6 heteroatoms. The van der Waals surface area contributed by atoms with Crippen molar-refractivity contribution < 1.29 is 18.7 Å². The lowest BCUT2D eigenvalue weighted by Gasteiger charge is -2.21. The highest BCUT2D eigenvalue weighted by Crippen LogP contribution is 2.32. The number of hydrogen-bond acceptors (Lipinski definition) is 5. The lowest BCUT2D eigenvalue weighted by atomic mass is 9.98. The number of aryl methyl sites for hydroxylation is 1. The smallest absolute Gasteiger partial charge is 0.226 e. The number of nitrogens with one attached hydrogen (secondary N) is 1. The fourth-order valence-electron chi connectivity index (χ4n) is 4.70. The van der Waals surface area contributed by atoms with Crippen LogP contribution in [0.3, 0.4) is 0 Å². The Hall–Kier alpha value is -3.12. The van der Waals surface area contributed by atoms with Gasteiger partial charge in [0.2, 0.25) is 5.91 Å². The summed E-state index contributed by atoms with van der Waals surface area (Å²) in [5.41, 5.74) is 2.49. The maximum atomic E-state index is 13.8. The summed E-state index contributed by atoms with van der Waals surface area (Å²) in [6.45, 7) is 14.3. The molecule has 0 unspecified atom stereocenters. The number of anilines is 1. The van der Waals surface area contributed by atoms with Gasteiger partial charge in [-0.25, -0.2) is 0 Å². The van der Waals surface area contributed by atoms with Crippen molar-refractivity contribution in [1.82, 2.24) is 4.90 Å². The predicted molar refractivity (Wildman–Crippen MR) is 165 cm³/mol. The van der Waals surface area contributed by atoms with E-state index in [-0.39, 0.29) is 17.6 Å². The third kappa shape index (κ3) is 8.95. The fraction of sp³-hybridized carbons (Fsp3) is 0.529. The second kappa shape index (κ2) is 16.2. The molecule has 1 aromatic heterocycles. The van der Waals surface area contributed by atoms with Gasteiger partial charge in [-0.1, -0.05) is 53.9 Å². The Bertz CT molecular complexity index is 1200. The number of amides is 1. The lowest BCUT2D eigenvalue weighted by Crippen LogP contribution is -2.28. The van der Waals surface area contributed by atoms with Crippen LogP contribution >= 0.6 is 0 Å². The zero-order chi connectivity index (χ0) is 28.9. The van der Waals surface area contributed by atoms with E-state index in [4.69, 9.17) is 9.15 Å². The summed E-state index contributed by atoms with van der Waals surface area (Å²) in [5, 5.41) is 3.67. The minimum atomic E-state index is -0.136. The molecule has 0 spiro atoms. The number of fused-ring (bicyclic) bond motifs is 1. The van der Waals surface area contributed by atoms with Crippen LogP contribution in [0.25, 0.3) is 11.0 Å². The van der Waals surface area contributed by atoms with Crippen LogP contribution < -0.4 is 10.1 Å². The highest BCUT2D eigenvalue weighted by Gasteiger charge is 2.22. The molecule has 1 heterocycles. The molecule has 6 nitrogen and oxygen atoms in total. The summed E-state index contributed by atoms with van der Waals surface area (Å²) in [5.74, 6) is 1.19. The van der Waals surface area contributed by atoms with Crippen LogP contribution in [-0.2, 0) is 11.2 Å². The highest BCUT2D eigenvalue weighted by molar-refractivity contribution is 6.17. The number of unbranched alkanes of at least 4 members (excludes halogenated alkanes) is 3. The number of hydrogen-bond donors (Lipinski definition) is 1. The van der Waals surface area contributed by atoms with Crippen LogP contribution in [0, 0.1) is 5.92 Å². The zero-order valence-corrected chi connectivity index (χ0v) is 25.2. The Kier molecular flexibility index (Phi) is 12.7. The first-order valence-electron chi connectivity index (χ1n) is 15.2. The number of carbonyl (C=O) groups excluding carboxylic acids is 2. The van der Waals surface area contributed by atoms with Gasteiger partial charge in [0.15, 0.2) is 5.78 Å². The van der Waals surface area contributed by atoms with Gasteiger partial charge in [0.1, 0.15) is 17.1 Å². The van der Waals surface area contributed by atoms with Crippen molar-refractivity contribution in [3.05, 3.63) is 59.4 Å². The summed E-state index contributed by atoms with van der Waals surface area (Å²) in [7, 11) is 0. The molecule has 0 bridgehead atoms. The number of ether oxygens (including phenoxy) is 1. The van der Waals surface area contributed by atoms with Crippen LogP contribution in [-0.4, -0.2) is 42.8 Å². The summed E-state index contributed by atoms with van der Waals surface area (Å²) < 4.78 is 12.2. The topological polar surface area (TPSA) is 71.8 Å². The number of furan rings is 1. The Labute approximate surface area is 240 Å². The Morgan fingerprint density at radius 2 is 1.52 bits per heavy atom. The van der Waals surface area contributed by atoms with Gasteiger partial charge in [-0.3, -0.25) is 9.59 Å².